The minimum atomic E-state index is 0.0363. The normalized spacial score (nSPS) is 24.8. The molecule has 2 heterocycles. The average molecular weight is 318 g/mol. The monoisotopic (exact) mass is 316 g/mol. The fourth-order valence-corrected chi connectivity index (χ4v) is 2.55. The number of amides is 1. The summed E-state index contributed by atoms with van der Waals surface area (Å²) in [5.74, 6) is 0.378. The van der Waals surface area contributed by atoms with Gasteiger partial charge in [-0.2, -0.15) is 0 Å². The van der Waals surface area contributed by atoms with Crippen molar-refractivity contribution < 1.29 is 4.79 Å². The second-order valence-electron chi connectivity index (χ2n) is 4.42. The summed E-state index contributed by atoms with van der Waals surface area (Å²) in [6.45, 7) is 3.53. The van der Waals surface area contributed by atoms with Crippen molar-refractivity contribution in [3.63, 3.8) is 0 Å². The number of piperidine rings is 1. The van der Waals surface area contributed by atoms with Gasteiger partial charge in [0.25, 0.3) is 5.91 Å². The Morgan fingerprint density at radius 1 is 1.59 bits per heavy atom. The number of carbonyl (C=O) groups is 1. The van der Waals surface area contributed by atoms with E-state index in [9.17, 15) is 4.79 Å². The van der Waals surface area contributed by atoms with Gasteiger partial charge in [-0.1, -0.05) is 6.92 Å². The van der Waals surface area contributed by atoms with Crippen LogP contribution in [-0.2, 0) is 0 Å². The minimum Gasteiger partial charge on any atom is -0.338 e. The fourth-order valence-electron chi connectivity index (χ4n) is 2.01. The molecule has 1 amide bonds. The largest absolute Gasteiger partial charge is 0.338 e. The Labute approximate surface area is 114 Å². The molecule has 1 saturated heterocycles. The molecule has 0 spiro atoms. The van der Waals surface area contributed by atoms with Gasteiger partial charge in [-0.25, -0.2) is 0 Å². The number of pyridine rings is 1. The van der Waals surface area contributed by atoms with Crippen LogP contribution in [0.2, 0.25) is 0 Å². The molecule has 17 heavy (non-hydrogen) atoms. The molecule has 0 saturated carbocycles. The van der Waals surface area contributed by atoms with Gasteiger partial charge in [0.05, 0.1) is 5.56 Å². The summed E-state index contributed by atoms with van der Waals surface area (Å²) in [5, 5.41) is 0.180. The molecule has 1 aliphatic rings. The number of likely N-dealkylation sites (tertiary alicyclic amines) is 1. The van der Waals surface area contributed by atoms with Gasteiger partial charge in [0.15, 0.2) is 0 Å². The fraction of sp³-hybridized carbons (Fsp3) is 0.500. The highest BCUT2D eigenvalue weighted by Crippen LogP contribution is 2.23. The lowest BCUT2D eigenvalue weighted by atomic mass is 9.99. The molecule has 92 valence electrons. The van der Waals surface area contributed by atoms with Crippen molar-refractivity contribution in [1.29, 1.82) is 0 Å². The highest BCUT2D eigenvalue weighted by Gasteiger charge is 2.27. The molecule has 1 aliphatic heterocycles. The minimum absolute atomic E-state index is 0.0363. The summed E-state index contributed by atoms with van der Waals surface area (Å²) in [6.07, 6.45) is 4.13. The number of rotatable bonds is 1. The quantitative estimate of drug-likeness (QED) is 0.746. The van der Waals surface area contributed by atoms with Crippen molar-refractivity contribution >= 4 is 33.4 Å². The molecule has 1 aromatic heterocycles. The van der Waals surface area contributed by atoms with E-state index in [4.69, 9.17) is 11.6 Å². The Kier molecular flexibility index (Phi) is 4.05. The predicted molar refractivity (Wildman–Crippen MR) is 71.3 cm³/mol. The molecular formula is C12H14BrClN2O. The Morgan fingerprint density at radius 3 is 3.00 bits per heavy atom. The van der Waals surface area contributed by atoms with Crippen LogP contribution in [0.4, 0.5) is 0 Å². The number of aromatic nitrogens is 1. The number of hydrogen-bond donors (Lipinski definition) is 0. The molecule has 0 aromatic carbocycles. The van der Waals surface area contributed by atoms with Gasteiger partial charge in [-0.3, -0.25) is 9.78 Å². The first kappa shape index (κ1) is 12.8. The van der Waals surface area contributed by atoms with Crippen molar-refractivity contribution in [3.8, 4) is 0 Å². The van der Waals surface area contributed by atoms with Gasteiger partial charge in [0, 0.05) is 35.3 Å². The smallest absolute Gasteiger partial charge is 0.255 e. The standard InChI is InChI=1S/C12H14BrClN2O/c1-8-7-16(3-2-11(8)14)12(17)9-4-10(13)6-15-5-9/h4-6,8,11H,2-3,7H2,1H3. The van der Waals surface area contributed by atoms with Crippen LogP contribution in [0.1, 0.15) is 23.7 Å². The zero-order chi connectivity index (χ0) is 12.4. The molecule has 0 radical (unpaired) electrons. The Hall–Kier alpha value is -0.610. The third kappa shape index (κ3) is 2.99. The summed E-state index contributed by atoms with van der Waals surface area (Å²) in [6, 6.07) is 1.80. The summed E-state index contributed by atoms with van der Waals surface area (Å²) >= 11 is 9.47. The predicted octanol–water partition coefficient (Wildman–Crippen LogP) is 2.93. The van der Waals surface area contributed by atoms with E-state index in [2.05, 4.69) is 27.8 Å². The molecule has 2 unspecified atom stereocenters. The maximum absolute atomic E-state index is 12.2. The van der Waals surface area contributed by atoms with Crippen molar-refractivity contribution in [2.45, 2.75) is 18.7 Å². The van der Waals surface area contributed by atoms with Gasteiger partial charge >= 0.3 is 0 Å². The molecule has 3 nitrogen and oxygen atoms in total. The van der Waals surface area contributed by atoms with E-state index < -0.39 is 0 Å². The SMILES string of the molecule is CC1CN(C(=O)c2cncc(Br)c2)CCC1Cl. The first-order chi connectivity index (χ1) is 8.08. The molecule has 2 atom stereocenters. The lowest BCUT2D eigenvalue weighted by Gasteiger charge is -2.34. The molecule has 0 N–H and O–H groups in total. The van der Waals surface area contributed by atoms with Crippen molar-refractivity contribution in [3.05, 3.63) is 28.5 Å². The zero-order valence-corrected chi connectivity index (χ0v) is 11.9. The molecule has 0 bridgehead atoms. The molecule has 0 aliphatic carbocycles. The van der Waals surface area contributed by atoms with E-state index >= 15 is 0 Å². The average Bonchev–Trinajstić information content (AvgIpc) is 2.32. The topological polar surface area (TPSA) is 33.2 Å². The van der Waals surface area contributed by atoms with E-state index in [-0.39, 0.29) is 11.3 Å². The van der Waals surface area contributed by atoms with E-state index in [1.54, 1.807) is 18.5 Å². The van der Waals surface area contributed by atoms with Crippen LogP contribution < -0.4 is 0 Å². The number of halogens is 2. The van der Waals surface area contributed by atoms with Crippen LogP contribution in [0.25, 0.3) is 0 Å². The maximum atomic E-state index is 12.2. The van der Waals surface area contributed by atoms with Gasteiger partial charge in [0.1, 0.15) is 0 Å². The number of alkyl halides is 1. The van der Waals surface area contributed by atoms with Crippen LogP contribution in [0.3, 0.4) is 0 Å². The number of nitrogens with zero attached hydrogens (tertiary/aromatic N) is 2. The van der Waals surface area contributed by atoms with E-state index in [0.29, 0.717) is 11.5 Å². The Bertz CT molecular complexity index is 427. The van der Waals surface area contributed by atoms with E-state index in [1.165, 1.54) is 0 Å². The van der Waals surface area contributed by atoms with Gasteiger partial charge < -0.3 is 4.90 Å². The highest BCUT2D eigenvalue weighted by atomic mass is 79.9. The zero-order valence-electron chi connectivity index (χ0n) is 9.57. The second-order valence-corrected chi connectivity index (χ2v) is 5.90. The second kappa shape index (κ2) is 5.36. The molecule has 5 heteroatoms. The van der Waals surface area contributed by atoms with Gasteiger partial charge in [0.2, 0.25) is 0 Å². The van der Waals surface area contributed by atoms with Crippen LogP contribution in [0.5, 0.6) is 0 Å². The lowest BCUT2D eigenvalue weighted by molar-refractivity contribution is 0.0686. The van der Waals surface area contributed by atoms with Gasteiger partial charge in [-0.15, -0.1) is 11.6 Å². The van der Waals surface area contributed by atoms with Crippen LogP contribution in [-0.4, -0.2) is 34.3 Å². The van der Waals surface area contributed by atoms with Crippen molar-refractivity contribution in [2.75, 3.05) is 13.1 Å². The van der Waals surface area contributed by atoms with Crippen LogP contribution >= 0.6 is 27.5 Å². The van der Waals surface area contributed by atoms with E-state index in [1.807, 2.05) is 4.90 Å². The van der Waals surface area contributed by atoms with Gasteiger partial charge in [-0.05, 0) is 34.3 Å². The molecule has 1 fully saturated rings. The Morgan fingerprint density at radius 2 is 2.35 bits per heavy atom. The first-order valence-electron chi connectivity index (χ1n) is 5.62. The third-order valence-corrected chi connectivity index (χ3v) is 4.12. The summed E-state index contributed by atoms with van der Waals surface area (Å²) < 4.78 is 0.823. The number of carbonyl (C=O) groups excluding carboxylic acids is 1. The number of hydrogen-bond acceptors (Lipinski definition) is 2. The van der Waals surface area contributed by atoms with Crippen molar-refractivity contribution in [2.24, 2.45) is 5.92 Å². The maximum Gasteiger partial charge on any atom is 0.255 e. The van der Waals surface area contributed by atoms with Crippen LogP contribution in [0.15, 0.2) is 22.9 Å². The summed E-state index contributed by atoms with van der Waals surface area (Å²) in [4.78, 5) is 18.1. The lowest BCUT2D eigenvalue weighted by Crippen LogP contribution is -2.43. The van der Waals surface area contributed by atoms with Crippen LogP contribution in [0, 0.1) is 5.92 Å². The summed E-state index contributed by atoms with van der Waals surface area (Å²) in [7, 11) is 0. The molecular weight excluding hydrogens is 304 g/mol. The Balaban J connectivity index is 2.10. The summed E-state index contributed by atoms with van der Waals surface area (Å²) in [5.41, 5.74) is 0.625. The van der Waals surface area contributed by atoms with E-state index in [0.717, 1.165) is 24.0 Å². The van der Waals surface area contributed by atoms with Crippen molar-refractivity contribution in [1.82, 2.24) is 9.88 Å². The molecule has 2 rings (SSSR count). The third-order valence-electron chi connectivity index (χ3n) is 3.04. The highest BCUT2D eigenvalue weighted by molar-refractivity contribution is 9.10. The first-order valence-corrected chi connectivity index (χ1v) is 6.85. The molecule has 1 aromatic rings.